The highest BCUT2D eigenvalue weighted by Gasteiger charge is 2.06. The van der Waals surface area contributed by atoms with Gasteiger partial charge in [0, 0.05) is 16.6 Å². The summed E-state index contributed by atoms with van der Waals surface area (Å²) in [7, 11) is 0. The average molecular weight is 241 g/mol. The fourth-order valence-corrected chi connectivity index (χ4v) is 2.42. The van der Waals surface area contributed by atoms with E-state index in [1.807, 2.05) is 0 Å². The summed E-state index contributed by atoms with van der Waals surface area (Å²) in [5.74, 6) is 0. The first kappa shape index (κ1) is 12.9. The maximum atomic E-state index is 3.59. The van der Waals surface area contributed by atoms with Crippen LogP contribution in [0.15, 0.2) is 30.3 Å². The van der Waals surface area contributed by atoms with Gasteiger partial charge in [-0.25, -0.2) is 0 Å². The Bertz CT molecular complexity index is 546. The van der Waals surface area contributed by atoms with E-state index < -0.39 is 0 Å². The minimum absolute atomic E-state index is 1.16. The summed E-state index contributed by atoms with van der Waals surface area (Å²) in [4.78, 5) is 3.59. The highest BCUT2D eigenvalue weighted by molar-refractivity contribution is 5.87. The van der Waals surface area contributed by atoms with Crippen LogP contribution in [0.4, 0.5) is 0 Å². The Kier molecular flexibility index (Phi) is 4.24. The molecule has 0 aliphatic carbocycles. The van der Waals surface area contributed by atoms with E-state index in [0.717, 1.165) is 6.42 Å². The van der Waals surface area contributed by atoms with Crippen molar-refractivity contribution in [3.63, 3.8) is 0 Å². The first-order valence-electron chi connectivity index (χ1n) is 7.04. The molecule has 1 aromatic carbocycles. The molecule has 2 aromatic rings. The van der Waals surface area contributed by atoms with E-state index in [2.05, 4.69) is 56.1 Å². The van der Waals surface area contributed by atoms with Crippen LogP contribution in [0, 0.1) is 6.92 Å². The molecule has 18 heavy (non-hydrogen) atoms. The third-order valence-electron chi connectivity index (χ3n) is 3.41. The number of para-hydroxylation sites is 1. The van der Waals surface area contributed by atoms with E-state index in [4.69, 9.17) is 0 Å². The maximum absolute atomic E-state index is 3.59. The van der Waals surface area contributed by atoms with E-state index in [0.29, 0.717) is 0 Å². The monoisotopic (exact) mass is 241 g/mol. The van der Waals surface area contributed by atoms with Crippen LogP contribution in [0.2, 0.25) is 0 Å². The molecule has 0 fully saturated rings. The molecule has 0 atom stereocenters. The van der Waals surface area contributed by atoms with E-state index >= 15 is 0 Å². The molecule has 1 nitrogen and oxygen atoms in total. The van der Waals surface area contributed by atoms with Gasteiger partial charge in [-0.3, -0.25) is 0 Å². The number of rotatable bonds is 5. The second-order valence-corrected chi connectivity index (χ2v) is 4.99. The number of hydrogen-bond acceptors (Lipinski definition) is 0. The van der Waals surface area contributed by atoms with Gasteiger partial charge in [0.1, 0.15) is 0 Å². The van der Waals surface area contributed by atoms with Crippen LogP contribution in [-0.2, 0) is 0 Å². The van der Waals surface area contributed by atoms with Gasteiger partial charge >= 0.3 is 0 Å². The Labute approximate surface area is 110 Å². The van der Waals surface area contributed by atoms with Crippen LogP contribution in [0.25, 0.3) is 16.5 Å². The number of allylic oxidation sites excluding steroid dienone is 2. The molecule has 0 saturated carbocycles. The van der Waals surface area contributed by atoms with Gasteiger partial charge in [0.25, 0.3) is 0 Å². The summed E-state index contributed by atoms with van der Waals surface area (Å²) in [6.07, 6.45) is 7.13. The summed E-state index contributed by atoms with van der Waals surface area (Å²) in [5, 5.41) is 1.32. The molecule has 1 aromatic heterocycles. The Balaban J connectivity index is 2.41. The number of aromatic amines is 1. The molecule has 1 heteroatoms. The lowest BCUT2D eigenvalue weighted by atomic mass is 10.1. The van der Waals surface area contributed by atoms with Gasteiger partial charge in [-0.1, -0.05) is 51.0 Å². The predicted molar refractivity (Wildman–Crippen MR) is 80.8 cm³/mol. The van der Waals surface area contributed by atoms with Gasteiger partial charge in [0.05, 0.1) is 0 Å². The minimum atomic E-state index is 1.16. The molecule has 0 saturated heterocycles. The zero-order valence-electron chi connectivity index (χ0n) is 11.7. The Hall–Kier alpha value is -1.50. The van der Waals surface area contributed by atoms with Crippen molar-refractivity contribution in [1.82, 2.24) is 4.98 Å². The SMILES string of the molecule is CCC/C=C(\CCC)c1cc2cccc(C)c2[nH]1. The largest absolute Gasteiger partial charge is 0.355 e. The van der Waals surface area contributed by atoms with Crippen molar-refractivity contribution in [1.29, 1.82) is 0 Å². The number of aryl methyl sites for hydroxylation is 1. The van der Waals surface area contributed by atoms with Crippen LogP contribution in [0.3, 0.4) is 0 Å². The summed E-state index contributed by atoms with van der Waals surface area (Å²) in [6, 6.07) is 8.77. The smallest absolute Gasteiger partial charge is 0.0488 e. The predicted octanol–water partition coefficient (Wildman–Crippen LogP) is 5.46. The fraction of sp³-hybridized carbons (Fsp3) is 0.412. The van der Waals surface area contributed by atoms with Crippen LogP contribution < -0.4 is 0 Å². The third-order valence-corrected chi connectivity index (χ3v) is 3.41. The summed E-state index contributed by atoms with van der Waals surface area (Å²) in [5.41, 5.74) is 5.38. The first-order chi connectivity index (χ1) is 8.76. The van der Waals surface area contributed by atoms with Gasteiger partial charge < -0.3 is 4.98 Å². The topological polar surface area (TPSA) is 15.8 Å². The Morgan fingerprint density at radius 3 is 2.72 bits per heavy atom. The molecule has 96 valence electrons. The zero-order chi connectivity index (χ0) is 13.0. The molecule has 1 heterocycles. The number of H-pyrrole nitrogens is 1. The first-order valence-corrected chi connectivity index (χ1v) is 7.04. The molecule has 1 N–H and O–H groups in total. The molecule has 0 bridgehead atoms. The third kappa shape index (κ3) is 2.66. The molecular weight excluding hydrogens is 218 g/mol. The molecular formula is C17H23N. The highest BCUT2D eigenvalue weighted by Crippen LogP contribution is 2.26. The number of benzene rings is 1. The number of fused-ring (bicyclic) bond motifs is 1. The summed E-state index contributed by atoms with van der Waals surface area (Å²) < 4.78 is 0. The molecule has 0 spiro atoms. The normalized spacial score (nSPS) is 12.3. The second kappa shape index (κ2) is 5.90. The molecule has 0 aliphatic heterocycles. The Morgan fingerprint density at radius 2 is 2.06 bits per heavy atom. The van der Waals surface area contributed by atoms with Crippen molar-refractivity contribution < 1.29 is 0 Å². The van der Waals surface area contributed by atoms with Crippen molar-refractivity contribution in [2.45, 2.75) is 46.5 Å². The van der Waals surface area contributed by atoms with Crippen molar-refractivity contribution >= 4 is 16.5 Å². The minimum Gasteiger partial charge on any atom is -0.355 e. The van der Waals surface area contributed by atoms with Crippen LogP contribution in [0.1, 0.15) is 50.8 Å². The summed E-state index contributed by atoms with van der Waals surface area (Å²) >= 11 is 0. The van der Waals surface area contributed by atoms with E-state index in [-0.39, 0.29) is 0 Å². The van der Waals surface area contributed by atoms with Crippen LogP contribution in [-0.4, -0.2) is 4.98 Å². The second-order valence-electron chi connectivity index (χ2n) is 4.99. The molecule has 0 radical (unpaired) electrons. The average Bonchev–Trinajstić information content (AvgIpc) is 2.80. The summed E-state index contributed by atoms with van der Waals surface area (Å²) in [6.45, 7) is 6.64. The number of aromatic nitrogens is 1. The lowest BCUT2D eigenvalue weighted by Crippen LogP contribution is -1.85. The van der Waals surface area contributed by atoms with E-state index in [9.17, 15) is 0 Å². The van der Waals surface area contributed by atoms with Gasteiger partial charge in [-0.15, -0.1) is 0 Å². The quantitative estimate of drug-likeness (QED) is 0.715. The van der Waals surface area contributed by atoms with Gasteiger partial charge in [0.15, 0.2) is 0 Å². The van der Waals surface area contributed by atoms with Crippen molar-refractivity contribution in [2.75, 3.05) is 0 Å². The van der Waals surface area contributed by atoms with Gasteiger partial charge in [-0.05, 0) is 37.0 Å². The molecule has 0 amide bonds. The number of nitrogens with one attached hydrogen (secondary N) is 1. The van der Waals surface area contributed by atoms with E-state index in [1.54, 1.807) is 0 Å². The molecule has 0 unspecified atom stereocenters. The van der Waals surface area contributed by atoms with Gasteiger partial charge in [-0.2, -0.15) is 0 Å². The molecule has 2 rings (SSSR count). The highest BCUT2D eigenvalue weighted by atomic mass is 14.7. The zero-order valence-corrected chi connectivity index (χ0v) is 11.7. The van der Waals surface area contributed by atoms with Crippen molar-refractivity contribution in [3.8, 4) is 0 Å². The lowest BCUT2D eigenvalue weighted by Gasteiger charge is -2.03. The maximum Gasteiger partial charge on any atom is 0.0488 e. The standard InChI is InChI=1S/C17H23N/c1-4-6-10-14(8-5-2)16-12-15-11-7-9-13(3)17(15)18-16/h7,9-12,18H,4-6,8H2,1-3H3/b14-10+. The fourth-order valence-electron chi connectivity index (χ4n) is 2.42. The number of unbranched alkanes of at least 4 members (excludes halogenated alkanes) is 1. The molecule has 0 aliphatic rings. The number of hydrogen-bond donors (Lipinski definition) is 1. The van der Waals surface area contributed by atoms with E-state index in [1.165, 1.54) is 47.0 Å². The van der Waals surface area contributed by atoms with Crippen molar-refractivity contribution in [3.05, 3.63) is 41.6 Å². The lowest BCUT2D eigenvalue weighted by molar-refractivity contribution is 0.930. The van der Waals surface area contributed by atoms with Crippen LogP contribution >= 0.6 is 0 Å². The van der Waals surface area contributed by atoms with Crippen LogP contribution in [0.5, 0.6) is 0 Å². The van der Waals surface area contributed by atoms with Crippen molar-refractivity contribution in [2.24, 2.45) is 0 Å². The Morgan fingerprint density at radius 1 is 1.22 bits per heavy atom. The van der Waals surface area contributed by atoms with Gasteiger partial charge in [0.2, 0.25) is 0 Å².